The summed E-state index contributed by atoms with van der Waals surface area (Å²) >= 11 is 0. The Morgan fingerprint density at radius 3 is 2.43 bits per heavy atom. The molecule has 0 radical (unpaired) electrons. The lowest BCUT2D eigenvalue weighted by molar-refractivity contribution is 0.414. The zero-order valence-electron chi connectivity index (χ0n) is 12.2. The fraction of sp³-hybridized carbons (Fsp3) is 0.316. The van der Waals surface area contributed by atoms with E-state index in [1.807, 2.05) is 42.5 Å². The molecule has 0 amide bonds. The van der Waals surface area contributed by atoms with Gasteiger partial charge in [0.1, 0.15) is 5.75 Å². The molecule has 2 aromatic rings. The minimum atomic E-state index is 0.407. The first-order valence-electron chi connectivity index (χ1n) is 7.75. The molecular formula is C19H21NO. The molecule has 0 atom stereocenters. The minimum Gasteiger partial charge on any atom is -0.507 e. The number of hydrogen-bond donors (Lipinski definition) is 1. The maximum Gasteiger partial charge on any atom is 0.127 e. The summed E-state index contributed by atoms with van der Waals surface area (Å²) in [5.74, 6) is 0.910. The standard InChI is InChI=1S/C19H21NO/c21-19-16(14-20-17-11-5-2-6-12-17)10-7-13-18(19)15-8-3-1-4-9-15/h2,5-7,10-15,21H,1,3-4,8-9H2. The molecular weight excluding hydrogens is 258 g/mol. The number of rotatable bonds is 3. The molecule has 0 aromatic heterocycles. The van der Waals surface area contributed by atoms with E-state index < -0.39 is 0 Å². The van der Waals surface area contributed by atoms with Crippen LogP contribution in [-0.4, -0.2) is 11.3 Å². The van der Waals surface area contributed by atoms with Crippen LogP contribution in [-0.2, 0) is 0 Å². The highest BCUT2D eigenvalue weighted by Crippen LogP contribution is 2.38. The van der Waals surface area contributed by atoms with E-state index in [-0.39, 0.29) is 0 Å². The van der Waals surface area contributed by atoms with Crippen molar-refractivity contribution in [3.8, 4) is 5.75 Å². The maximum absolute atomic E-state index is 10.5. The molecule has 108 valence electrons. The minimum absolute atomic E-state index is 0.407. The van der Waals surface area contributed by atoms with Gasteiger partial charge in [0.05, 0.1) is 5.69 Å². The second-order valence-electron chi connectivity index (χ2n) is 5.71. The Hall–Kier alpha value is -2.09. The summed E-state index contributed by atoms with van der Waals surface area (Å²) in [5, 5.41) is 10.5. The van der Waals surface area contributed by atoms with Crippen LogP contribution in [0.15, 0.2) is 53.5 Å². The van der Waals surface area contributed by atoms with Crippen LogP contribution >= 0.6 is 0 Å². The Balaban J connectivity index is 1.84. The van der Waals surface area contributed by atoms with E-state index in [1.165, 1.54) is 32.1 Å². The van der Waals surface area contributed by atoms with E-state index in [4.69, 9.17) is 0 Å². The molecule has 1 saturated carbocycles. The normalized spacial score (nSPS) is 16.4. The van der Waals surface area contributed by atoms with Gasteiger partial charge in [-0.15, -0.1) is 0 Å². The smallest absolute Gasteiger partial charge is 0.127 e. The summed E-state index contributed by atoms with van der Waals surface area (Å²) in [6.45, 7) is 0. The third-order valence-corrected chi connectivity index (χ3v) is 4.25. The second-order valence-corrected chi connectivity index (χ2v) is 5.71. The number of benzene rings is 2. The van der Waals surface area contributed by atoms with Crippen molar-refractivity contribution in [1.82, 2.24) is 0 Å². The molecule has 1 N–H and O–H groups in total. The number of phenolic OH excluding ortho intramolecular Hbond substituents is 1. The van der Waals surface area contributed by atoms with Gasteiger partial charge in [0.15, 0.2) is 0 Å². The van der Waals surface area contributed by atoms with E-state index in [0.29, 0.717) is 11.7 Å². The highest BCUT2D eigenvalue weighted by atomic mass is 16.3. The number of aromatic hydroxyl groups is 1. The van der Waals surface area contributed by atoms with Gasteiger partial charge in [-0.25, -0.2) is 0 Å². The molecule has 0 bridgehead atoms. The van der Waals surface area contributed by atoms with Crippen molar-refractivity contribution in [1.29, 1.82) is 0 Å². The summed E-state index contributed by atoms with van der Waals surface area (Å²) in [5.41, 5.74) is 2.80. The Labute approximate surface area is 126 Å². The average molecular weight is 279 g/mol. The second kappa shape index (κ2) is 6.57. The first kappa shape index (κ1) is 13.9. The molecule has 0 heterocycles. The molecule has 21 heavy (non-hydrogen) atoms. The Kier molecular flexibility index (Phi) is 4.34. The van der Waals surface area contributed by atoms with Gasteiger partial charge in [0.2, 0.25) is 0 Å². The molecule has 2 aromatic carbocycles. The third kappa shape index (κ3) is 3.33. The molecule has 2 heteroatoms. The van der Waals surface area contributed by atoms with E-state index in [9.17, 15) is 5.11 Å². The molecule has 1 aliphatic carbocycles. The van der Waals surface area contributed by atoms with E-state index in [1.54, 1.807) is 6.21 Å². The summed E-state index contributed by atoms with van der Waals surface area (Å²) in [7, 11) is 0. The zero-order chi connectivity index (χ0) is 14.5. The Morgan fingerprint density at radius 1 is 0.905 bits per heavy atom. The van der Waals surface area contributed by atoms with Crippen LogP contribution in [0.3, 0.4) is 0 Å². The van der Waals surface area contributed by atoms with Crippen LogP contribution in [0.25, 0.3) is 0 Å². The topological polar surface area (TPSA) is 32.6 Å². The highest BCUT2D eigenvalue weighted by molar-refractivity contribution is 5.86. The number of hydrogen-bond acceptors (Lipinski definition) is 2. The van der Waals surface area contributed by atoms with E-state index >= 15 is 0 Å². The Morgan fingerprint density at radius 2 is 1.67 bits per heavy atom. The van der Waals surface area contributed by atoms with Crippen LogP contribution in [0, 0.1) is 0 Å². The van der Waals surface area contributed by atoms with Crippen LogP contribution in [0.4, 0.5) is 5.69 Å². The van der Waals surface area contributed by atoms with Crippen molar-refractivity contribution >= 4 is 11.9 Å². The number of nitrogens with zero attached hydrogens (tertiary/aromatic N) is 1. The number of para-hydroxylation sites is 2. The SMILES string of the molecule is Oc1c(C=Nc2ccccc2)cccc1C1CCCCC1. The summed E-state index contributed by atoms with van der Waals surface area (Å²) in [6.07, 6.45) is 8.00. The largest absolute Gasteiger partial charge is 0.507 e. The maximum atomic E-state index is 10.5. The first-order chi connectivity index (χ1) is 10.3. The zero-order valence-corrected chi connectivity index (χ0v) is 12.2. The molecule has 0 saturated heterocycles. The van der Waals surface area contributed by atoms with Crippen LogP contribution < -0.4 is 0 Å². The third-order valence-electron chi connectivity index (χ3n) is 4.25. The van der Waals surface area contributed by atoms with Crippen molar-refractivity contribution < 1.29 is 5.11 Å². The quantitative estimate of drug-likeness (QED) is 0.770. The predicted molar refractivity (Wildman–Crippen MR) is 87.6 cm³/mol. The summed E-state index contributed by atoms with van der Waals surface area (Å²) in [6, 6.07) is 15.8. The van der Waals surface area contributed by atoms with Crippen molar-refractivity contribution in [2.45, 2.75) is 38.0 Å². The highest BCUT2D eigenvalue weighted by Gasteiger charge is 2.19. The molecule has 0 unspecified atom stereocenters. The summed E-state index contributed by atoms with van der Waals surface area (Å²) in [4.78, 5) is 4.44. The van der Waals surface area contributed by atoms with Gasteiger partial charge in [-0.2, -0.15) is 0 Å². The van der Waals surface area contributed by atoms with Gasteiger partial charge < -0.3 is 5.11 Å². The average Bonchev–Trinajstić information content (AvgIpc) is 2.56. The lowest BCUT2D eigenvalue weighted by atomic mass is 9.83. The molecule has 3 rings (SSSR count). The molecule has 2 nitrogen and oxygen atoms in total. The predicted octanol–water partition coefficient (Wildman–Crippen LogP) is 5.19. The van der Waals surface area contributed by atoms with Gasteiger partial charge in [-0.05, 0) is 42.5 Å². The van der Waals surface area contributed by atoms with Crippen molar-refractivity contribution in [3.63, 3.8) is 0 Å². The summed E-state index contributed by atoms with van der Waals surface area (Å²) < 4.78 is 0. The van der Waals surface area contributed by atoms with Gasteiger partial charge in [0, 0.05) is 11.8 Å². The van der Waals surface area contributed by atoms with Gasteiger partial charge in [-0.1, -0.05) is 49.6 Å². The first-order valence-corrected chi connectivity index (χ1v) is 7.75. The fourth-order valence-corrected chi connectivity index (χ4v) is 3.09. The van der Waals surface area contributed by atoms with Crippen molar-refractivity contribution in [2.75, 3.05) is 0 Å². The van der Waals surface area contributed by atoms with Gasteiger partial charge in [-0.3, -0.25) is 4.99 Å². The number of aliphatic imine (C=N–C) groups is 1. The van der Waals surface area contributed by atoms with Crippen LogP contribution in [0.2, 0.25) is 0 Å². The van der Waals surface area contributed by atoms with E-state index in [2.05, 4.69) is 11.1 Å². The Bertz CT molecular complexity index is 613. The molecule has 1 aliphatic rings. The lowest BCUT2D eigenvalue weighted by Gasteiger charge is -2.23. The van der Waals surface area contributed by atoms with Crippen LogP contribution in [0.5, 0.6) is 5.75 Å². The van der Waals surface area contributed by atoms with Gasteiger partial charge >= 0.3 is 0 Å². The molecule has 1 fully saturated rings. The monoisotopic (exact) mass is 279 g/mol. The molecule has 0 spiro atoms. The number of phenols is 1. The van der Waals surface area contributed by atoms with E-state index in [0.717, 1.165) is 16.8 Å². The fourth-order valence-electron chi connectivity index (χ4n) is 3.09. The van der Waals surface area contributed by atoms with Gasteiger partial charge in [0.25, 0.3) is 0 Å². The van der Waals surface area contributed by atoms with Crippen molar-refractivity contribution in [2.24, 2.45) is 4.99 Å². The van der Waals surface area contributed by atoms with Crippen LogP contribution in [0.1, 0.15) is 49.1 Å². The lowest BCUT2D eigenvalue weighted by Crippen LogP contribution is -2.05. The van der Waals surface area contributed by atoms with Crippen molar-refractivity contribution in [3.05, 3.63) is 59.7 Å². The molecule has 0 aliphatic heterocycles.